The van der Waals surface area contributed by atoms with Gasteiger partial charge in [0.25, 0.3) is 5.91 Å². The monoisotopic (exact) mass is 337 g/mol. The molecule has 1 aliphatic carbocycles. The molecule has 0 saturated carbocycles. The summed E-state index contributed by atoms with van der Waals surface area (Å²) in [4.78, 5) is 27.7. The van der Waals surface area contributed by atoms with Gasteiger partial charge in [-0.2, -0.15) is 0 Å². The molecule has 126 valence electrons. The highest BCUT2D eigenvalue weighted by atomic mass is 32.1. The second-order valence-electron chi connectivity index (χ2n) is 6.27. The molecular formula is C16H23N3O3S. The van der Waals surface area contributed by atoms with E-state index in [9.17, 15) is 9.59 Å². The van der Waals surface area contributed by atoms with Crippen molar-refractivity contribution in [2.75, 3.05) is 25.0 Å². The summed E-state index contributed by atoms with van der Waals surface area (Å²) in [6.07, 6.45) is 3.02. The van der Waals surface area contributed by atoms with Gasteiger partial charge in [0.15, 0.2) is 0 Å². The lowest BCUT2D eigenvalue weighted by atomic mass is 10.1. The van der Waals surface area contributed by atoms with E-state index in [2.05, 4.69) is 10.2 Å². The van der Waals surface area contributed by atoms with E-state index in [0.717, 1.165) is 37.9 Å². The Balaban J connectivity index is 1.74. The highest BCUT2D eigenvalue weighted by molar-refractivity contribution is 7.17. The molecule has 0 unspecified atom stereocenters. The zero-order valence-corrected chi connectivity index (χ0v) is 14.4. The average molecular weight is 337 g/mol. The van der Waals surface area contributed by atoms with E-state index in [0.29, 0.717) is 17.2 Å². The third-order valence-electron chi connectivity index (χ3n) is 4.60. The van der Waals surface area contributed by atoms with Gasteiger partial charge in [0.05, 0.1) is 24.3 Å². The van der Waals surface area contributed by atoms with Crippen molar-refractivity contribution in [2.24, 2.45) is 5.73 Å². The topological polar surface area (TPSA) is 84.7 Å². The average Bonchev–Trinajstić information content (AvgIpc) is 3.06. The largest absolute Gasteiger partial charge is 0.376 e. The molecule has 3 rings (SSSR count). The number of anilines is 1. The van der Waals surface area contributed by atoms with E-state index in [1.165, 1.54) is 16.2 Å². The lowest BCUT2D eigenvalue weighted by Crippen LogP contribution is -2.50. The third-order valence-corrected chi connectivity index (χ3v) is 5.81. The number of hydrogen-bond acceptors (Lipinski definition) is 5. The maximum atomic E-state index is 12.6. The van der Waals surface area contributed by atoms with Crippen LogP contribution >= 0.6 is 11.3 Å². The number of morpholine rings is 1. The summed E-state index contributed by atoms with van der Waals surface area (Å²) >= 11 is 1.49. The van der Waals surface area contributed by atoms with E-state index in [4.69, 9.17) is 10.5 Å². The van der Waals surface area contributed by atoms with Crippen LogP contribution in [0.5, 0.6) is 0 Å². The van der Waals surface area contributed by atoms with Crippen molar-refractivity contribution in [3.63, 3.8) is 0 Å². The Hall–Kier alpha value is -1.44. The number of nitrogens with zero attached hydrogens (tertiary/aromatic N) is 1. The lowest BCUT2D eigenvalue weighted by molar-refractivity contribution is -0.123. The maximum Gasteiger partial charge on any atom is 0.251 e. The van der Waals surface area contributed by atoms with Crippen molar-refractivity contribution in [3.8, 4) is 0 Å². The molecule has 7 heteroatoms. The summed E-state index contributed by atoms with van der Waals surface area (Å²) < 4.78 is 5.52. The van der Waals surface area contributed by atoms with Crippen LogP contribution in [-0.4, -0.2) is 48.6 Å². The van der Waals surface area contributed by atoms with Crippen molar-refractivity contribution in [1.29, 1.82) is 0 Å². The van der Waals surface area contributed by atoms with Crippen molar-refractivity contribution in [1.82, 2.24) is 4.90 Å². The molecule has 0 aromatic carbocycles. The molecule has 0 radical (unpaired) electrons. The Labute approximate surface area is 140 Å². The number of ether oxygens (including phenoxy) is 1. The lowest BCUT2D eigenvalue weighted by Gasteiger charge is -2.34. The summed E-state index contributed by atoms with van der Waals surface area (Å²) in [5, 5.41) is 3.54. The number of carbonyl (C=O) groups excluding carboxylic acids is 2. The van der Waals surface area contributed by atoms with Crippen molar-refractivity contribution in [3.05, 3.63) is 16.0 Å². The Morgan fingerprint density at radius 1 is 1.43 bits per heavy atom. The highest BCUT2D eigenvalue weighted by Crippen LogP contribution is 2.38. The van der Waals surface area contributed by atoms with Gasteiger partial charge >= 0.3 is 0 Å². The summed E-state index contributed by atoms with van der Waals surface area (Å²) in [5.41, 5.74) is 7.08. The molecule has 0 spiro atoms. The van der Waals surface area contributed by atoms with E-state index < -0.39 is 5.91 Å². The minimum absolute atomic E-state index is 0.0958. The molecule has 2 amide bonds. The number of primary amides is 1. The van der Waals surface area contributed by atoms with Crippen LogP contribution in [0.3, 0.4) is 0 Å². The van der Waals surface area contributed by atoms with Gasteiger partial charge in [0, 0.05) is 18.0 Å². The highest BCUT2D eigenvalue weighted by Gasteiger charge is 2.30. The van der Waals surface area contributed by atoms with Crippen molar-refractivity contribution >= 4 is 28.2 Å². The molecule has 1 aromatic heterocycles. The first-order valence-corrected chi connectivity index (χ1v) is 8.90. The minimum Gasteiger partial charge on any atom is -0.376 e. The van der Waals surface area contributed by atoms with Crippen LogP contribution in [-0.2, 0) is 22.4 Å². The van der Waals surface area contributed by atoms with Gasteiger partial charge in [-0.05, 0) is 38.7 Å². The predicted octanol–water partition coefficient (Wildman–Crippen LogP) is 1.38. The molecule has 1 aliphatic heterocycles. The molecule has 6 nitrogen and oxygen atoms in total. The Morgan fingerprint density at radius 2 is 2.22 bits per heavy atom. The maximum absolute atomic E-state index is 12.6. The van der Waals surface area contributed by atoms with Gasteiger partial charge < -0.3 is 15.8 Å². The molecule has 2 aliphatic rings. The normalized spacial score (nSPS) is 22.6. The van der Waals surface area contributed by atoms with E-state index >= 15 is 0 Å². The number of aryl methyl sites for hydroxylation is 1. The van der Waals surface area contributed by atoms with Gasteiger partial charge in [-0.3, -0.25) is 14.5 Å². The van der Waals surface area contributed by atoms with Gasteiger partial charge in [-0.1, -0.05) is 0 Å². The third kappa shape index (κ3) is 3.27. The molecule has 0 bridgehead atoms. The summed E-state index contributed by atoms with van der Waals surface area (Å²) in [6, 6.07) is -0.265. The molecule has 23 heavy (non-hydrogen) atoms. The molecule has 2 atom stereocenters. The number of fused-ring (bicyclic) bond motifs is 1. The van der Waals surface area contributed by atoms with Crippen molar-refractivity contribution in [2.45, 2.75) is 45.3 Å². The van der Waals surface area contributed by atoms with Crippen LogP contribution in [0.25, 0.3) is 0 Å². The number of amides is 2. The second kappa shape index (κ2) is 6.59. The van der Waals surface area contributed by atoms with Crippen LogP contribution in [0.1, 0.15) is 41.1 Å². The van der Waals surface area contributed by atoms with Crippen molar-refractivity contribution < 1.29 is 14.3 Å². The molecule has 1 saturated heterocycles. The predicted molar refractivity (Wildman–Crippen MR) is 89.9 cm³/mol. The number of hydrogen-bond donors (Lipinski definition) is 2. The first-order valence-electron chi connectivity index (χ1n) is 8.08. The van der Waals surface area contributed by atoms with E-state index in [-0.39, 0.29) is 18.1 Å². The number of rotatable bonds is 4. The van der Waals surface area contributed by atoms with E-state index in [1.54, 1.807) is 0 Å². The van der Waals surface area contributed by atoms with Gasteiger partial charge in [-0.15, -0.1) is 11.3 Å². The number of carbonyl (C=O) groups is 2. The Bertz CT molecular complexity index is 628. The Kier molecular flexibility index (Phi) is 4.70. The SMILES string of the molecule is C[C@H]1CN([C@@H](C)C(=O)Nc2sc3c(c2C(N)=O)CCC3)CCO1. The minimum atomic E-state index is -0.452. The van der Waals surface area contributed by atoms with E-state index in [1.807, 2.05) is 13.8 Å². The molecule has 2 heterocycles. The fraction of sp³-hybridized carbons (Fsp3) is 0.625. The standard InChI is InChI=1S/C16H23N3O3S/c1-9-8-19(6-7-22-9)10(2)15(21)18-16-13(14(17)20)11-4-3-5-12(11)23-16/h9-10H,3-8H2,1-2H3,(H2,17,20)(H,18,21)/t9-,10-/m0/s1. The van der Waals surface area contributed by atoms with Crippen LogP contribution in [0.2, 0.25) is 0 Å². The fourth-order valence-corrected chi connectivity index (χ4v) is 4.63. The summed E-state index contributed by atoms with van der Waals surface area (Å²) in [7, 11) is 0. The summed E-state index contributed by atoms with van der Waals surface area (Å²) in [6.45, 7) is 6.00. The van der Waals surface area contributed by atoms with Crippen LogP contribution in [0.15, 0.2) is 0 Å². The fourth-order valence-electron chi connectivity index (χ4n) is 3.33. The summed E-state index contributed by atoms with van der Waals surface area (Å²) in [5.74, 6) is -0.547. The molecular weight excluding hydrogens is 314 g/mol. The molecule has 3 N–H and O–H groups in total. The number of thiophene rings is 1. The molecule has 1 fully saturated rings. The van der Waals surface area contributed by atoms with Gasteiger partial charge in [-0.25, -0.2) is 0 Å². The Morgan fingerprint density at radius 3 is 2.91 bits per heavy atom. The van der Waals surface area contributed by atoms with Gasteiger partial charge in [0.1, 0.15) is 5.00 Å². The number of nitrogens with one attached hydrogen (secondary N) is 1. The second-order valence-corrected chi connectivity index (χ2v) is 7.37. The first-order chi connectivity index (χ1) is 11.0. The molecule has 1 aromatic rings. The first kappa shape index (κ1) is 16.4. The van der Waals surface area contributed by atoms with Gasteiger partial charge in [0.2, 0.25) is 5.91 Å². The zero-order chi connectivity index (χ0) is 16.6. The quantitative estimate of drug-likeness (QED) is 0.869. The zero-order valence-electron chi connectivity index (χ0n) is 13.6. The number of nitrogens with two attached hydrogens (primary N) is 1. The smallest absolute Gasteiger partial charge is 0.251 e. The van der Waals surface area contributed by atoms with Crippen LogP contribution in [0.4, 0.5) is 5.00 Å². The van der Waals surface area contributed by atoms with Crippen LogP contribution in [0, 0.1) is 0 Å². The van der Waals surface area contributed by atoms with Crippen LogP contribution < -0.4 is 11.1 Å².